The van der Waals surface area contributed by atoms with Gasteiger partial charge in [0.25, 0.3) is 5.91 Å². The fraction of sp³-hybridized carbons (Fsp3) is 0.393. The summed E-state index contributed by atoms with van der Waals surface area (Å²) in [7, 11) is 0. The van der Waals surface area contributed by atoms with Gasteiger partial charge in [-0.15, -0.1) is 0 Å². The number of halogens is 2. The van der Waals surface area contributed by atoms with Crippen molar-refractivity contribution < 1.29 is 38.6 Å². The Labute approximate surface area is 251 Å². The van der Waals surface area contributed by atoms with Crippen LogP contribution in [0.3, 0.4) is 0 Å². The van der Waals surface area contributed by atoms with Gasteiger partial charge in [0, 0.05) is 18.5 Å². The van der Waals surface area contributed by atoms with E-state index in [-0.39, 0.29) is 60.4 Å². The number of amides is 4. The Morgan fingerprint density at radius 1 is 1.05 bits per heavy atom. The first-order chi connectivity index (χ1) is 20.1. The molecule has 14 heteroatoms. The summed E-state index contributed by atoms with van der Waals surface area (Å²) in [6, 6.07) is 8.59. The number of esters is 1. The van der Waals surface area contributed by atoms with Crippen molar-refractivity contribution in [3.05, 3.63) is 63.6 Å². The number of aromatic hydroxyl groups is 1. The van der Waals surface area contributed by atoms with Gasteiger partial charge in [-0.05, 0) is 37.0 Å². The number of carbonyl (C=O) groups excluding carboxylic acids is 5. The highest BCUT2D eigenvalue weighted by Gasteiger charge is 2.38. The van der Waals surface area contributed by atoms with Gasteiger partial charge in [0.2, 0.25) is 24.0 Å². The minimum Gasteiger partial charge on any atom is -0.505 e. The van der Waals surface area contributed by atoms with Gasteiger partial charge < -0.3 is 35.8 Å². The van der Waals surface area contributed by atoms with Gasteiger partial charge in [0.05, 0.1) is 23.1 Å². The van der Waals surface area contributed by atoms with Gasteiger partial charge in [-0.25, -0.2) is 0 Å². The van der Waals surface area contributed by atoms with Crippen molar-refractivity contribution in [2.75, 3.05) is 6.54 Å². The third-order valence-corrected chi connectivity index (χ3v) is 7.31. The normalized spacial score (nSPS) is 23.1. The minimum atomic E-state index is -1.19. The second-order valence-electron chi connectivity index (χ2n) is 9.88. The number of ether oxygens (including phenoxy) is 2. The topological polar surface area (TPSA) is 172 Å². The lowest BCUT2D eigenvalue weighted by Gasteiger charge is -2.25. The Kier molecular flexibility index (Phi) is 10.6. The van der Waals surface area contributed by atoms with Gasteiger partial charge in [-0.2, -0.15) is 0 Å². The summed E-state index contributed by atoms with van der Waals surface area (Å²) in [5, 5.41) is 20.1. The summed E-state index contributed by atoms with van der Waals surface area (Å²) in [6.45, 7) is 0.428. The zero-order valence-electron chi connectivity index (χ0n) is 22.4. The zero-order valence-corrected chi connectivity index (χ0v) is 23.9. The van der Waals surface area contributed by atoms with E-state index in [0.29, 0.717) is 6.42 Å². The molecule has 0 radical (unpaired) electrons. The molecular formula is C28H30Cl2N4O8. The smallest absolute Gasteiger partial charge is 0.310 e. The molecule has 2 saturated heterocycles. The van der Waals surface area contributed by atoms with E-state index >= 15 is 0 Å². The average Bonchev–Trinajstić information content (AvgIpc) is 3.31. The van der Waals surface area contributed by atoms with Crippen LogP contribution in [0.1, 0.15) is 48.0 Å². The van der Waals surface area contributed by atoms with Crippen LogP contribution in [0, 0.1) is 0 Å². The molecule has 2 aromatic carbocycles. The maximum Gasteiger partial charge on any atom is 0.310 e. The highest BCUT2D eigenvalue weighted by atomic mass is 35.5. The van der Waals surface area contributed by atoms with Gasteiger partial charge >= 0.3 is 5.97 Å². The van der Waals surface area contributed by atoms with Crippen molar-refractivity contribution >= 4 is 52.8 Å². The number of hydrogen-bond donors (Lipinski definition) is 5. The largest absolute Gasteiger partial charge is 0.505 e. The summed E-state index contributed by atoms with van der Waals surface area (Å²) in [6.07, 6.45) is -0.710. The van der Waals surface area contributed by atoms with Crippen LogP contribution in [0.25, 0.3) is 0 Å². The van der Waals surface area contributed by atoms with E-state index < -0.39 is 53.9 Å². The standard InChI is InChI=1S/C28H30Cl2N4O8/c29-17-11-16(12-18(30)24(17)37)25(38)32-20-8-9-22(35)31-10-4-7-19(33-27(20)40)26(39)34-21-13-23(36)42-28(21)41-14-15-5-2-1-3-6-15/h1-3,5-6,11-12,19-21,28,37H,4,7-10,13-14H2,(H,31,35)(H,32,38)(H,33,40)(H,34,39). The van der Waals surface area contributed by atoms with Crippen LogP contribution >= 0.6 is 23.2 Å². The first kappa shape index (κ1) is 31.1. The van der Waals surface area contributed by atoms with Crippen molar-refractivity contribution in [1.82, 2.24) is 21.3 Å². The molecule has 5 N–H and O–H groups in total. The Morgan fingerprint density at radius 2 is 1.76 bits per heavy atom. The number of benzene rings is 2. The summed E-state index contributed by atoms with van der Waals surface area (Å²) in [4.78, 5) is 63.8. The number of phenols is 1. The zero-order chi connectivity index (χ0) is 30.2. The monoisotopic (exact) mass is 620 g/mol. The van der Waals surface area contributed by atoms with E-state index in [4.69, 9.17) is 32.7 Å². The molecular weight excluding hydrogens is 591 g/mol. The predicted molar refractivity (Wildman–Crippen MR) is 150 cm³/mol. The first-order valence-corrected chi connectivity index (χ1v) is 14.1. The van der Waals surface area contributed by atoms with Crippen molar-refractivity contribution in [2.45, 2.75) is 63.1 Å². The number of nitrogens with one attached hydrogen (secondary N) is 4. The summed E-state index contributed by atoms with van der Waals surface area (Å²) >= 11 is 11.8. The molecule has 0 aliphatic carbocycles. The molecule has 2 aliphatic rings. The highest BCUT2D eigenvalue weighted by Crippen LogP contribution is 2.32. The lowest BCUT2D eigenvalue weighted by atomic mass is 10.1. The van der Waals surface area contributed by atoms with E-state index in [9.17, 15) is 29.1 Å². The van der Waals surface area contributed by atoms with Crippen LogP contribution < -0.4 is 21.3 Å². The number of carbonyl (C=O) groups is 5. The number of cyclic esters (lactones) is 1. The molecule has 2 aliphatic heterocycles. The van der Waals surface area contributed by atoms with Crippen LogP contribution in [0.15, 0.2) is 42.5 Å². The van der Waals surface area contributed by atoms with E-state index in [1.165, 1.54) is 12.1 Å². The third kappa shape index (κ3) is 8.34. The predicted octanol–water partition coefficient (Wildman–Crippen LogP) is 1.95. The quantitative estimate of drug-likeness (QED) is 0.292. The maximum atomic E-state index is 13.3. The summed E-state index contributed by atoms with van der Waals surface area (Å²) < 4.78 is 11.0. The van der Waals surface area contributed by atoms with E-state index in [1.54, 1.807) is 0 Å². The molecule has 4 rings (SSSR count). The number of phenolic OH excluding ortho intramolecular Hbond substituents is 1. The van der Waals surface area contributed by atoms with Crippen LogP contribution in [-0.4, -0.2) is 65.7 Å². The lowest BCUT2D eigenvalue weighted by molar-refractivity contribution is -0.168. The molecule has 4 atom stereocenters. The lowest BCUT2D eigenvalue weighted by Crippen LogP contribution is -2.55. The molecule has 4 amide bonds. The molecule has 2 aromatic rings. The molecule has 12 nitrogen and oxygen atoms in total. The van der Waals surface area contributed by atoms with Crippen molar-refractivity contribution in [3.8, 4) is 5.75 Å². The Morgan fingerprint density at radius 3 is 2.48 bits per heavy atom. The molecule has 2 heterocycles. The Bertz CT molecular complexity index is 1320. The fourth-order valence-corrected chi connectivity index (χ4v) is 4.97. The van der Waals surface area contributed by atoms with Crippen LogP contribution in [0.2, 0.25) is 10.0 Å². The van der Waals surface area contributed by atoms with Gasteiger partial charge in [-0.1, -0.05) is 53.5 Å². The number of rotatable bonds is 7. The first-order valence-electron chi connectivity index (χ1n) is 13.3. The second kappa shape index (κ2) is 14.3. The summed E-state index contributed by atoms with van der Waals surface area (Å²) in [5.74, 6) is -3.24. The molecule has 0 bridgehead atoms. The van der Waals surface area contributed by atoms with E-state index in [1.807, 2.05) is 30.3 Å². The molecule has 224 valence electrons. The average molecular weight is 621 g/mol. The SMILES string of the molecule is O=C1CCC(NC(=O)c2cc(Cl)c(O)c(Cl)c2)C(=O)NC(C(=O)NC2CC(=O)OC2OCc2ccccc2)CCCN1. The molecule has 4 unspecified atom stereocenters. The molecule has 0 spiro atoms. The van der Waals surface area contributed by atoms with E-state index in [0.717, 1.165) is 5.56 Å². The van der Waals surface area contributed by atoms with Crippen LogP contribution in [0.5, 0.6) is 5.75 Å². The Hall–Kier alpha value is -3.87. The third-order valence-electron chi connectivity index (χ3n) is 6.73. The fourth-order valence-electron chi connectivity index (χ4n) is 4.49. The van der Waals surface area contributed by atoms with Crippen molar-refractivity contribution in [1.29, 1.82) is 0 Å². The van der Waals surface area contributed by atoms with Gasteiger partial charge in [-0.3, -0.25) is 24.0 Å². The molecule has 42 heavy (non-hydrogen) atoms. The van der Waals surface area contributed by atoms with Crippen LogP contribution in [-0.2, 0) is 35.3 Å². The highest BCUT2D eigenvalue weighted by molar-refractivity contribution is 6.37. The molecule has 0 aromatic heterocycles. The molecule has 0 saturated carbocycles. The van der Waals surface area contributed by atoms with Gasteiger partial charge in [0.1, 0.15) is 18.1 Å². The summed E-state index contributed by atoms with van der Waals surface area (Å²) in [5.41, 5.74) is 0.837. The number of hydrogen-bond acceptors (Lipinski definition) is 8. The van der Waals surface area contributed by atoms with Gasteiger partial charge in [0.15, 0.2) is 5.75 Å². The minimum absolute atomic E-state index is 0.0175. The molecule has 2 fully saturated rings. The Balaban J connectivity index is 1.44. The van der Waals surface area contributed by atoms with Crippen LogP contribution in [0.4, 0.5) is 0 Å². The van der Waals surface area contributed by atoms with Crippen molar-refractivity contribution in [3.63, 3.8) is 0 Å². The van der Waals surface area contributed by atoms with Crippen molar-refractivity contribution in [2.24, 2.45) is 0 Å². The maximum absolute atomic E-state index is 13.3. The second-order valence-corrected chi connectivity index (χ2v) is 10.7. The van der Waals surface area contributed by atoms with E-state index in [2.05, 4.69) is 21.3 Å².